The summed E-state index contributed by atoms with van der Waals surface area (Å²) in [5.74, 6) is -0.134. The van der Waals surface area contributed by atoms with Crippen LogP contribution >= 0.6 is 23.2 Å². The monoisotopic (exact) mass is 235 g/mol. The number of phenols is 1. The summed E-state index contributed by atoms with van der Waals surface area (Å²) in [6.07, 6.45) is 0. The predicted molar refractivity (Wildman–Crippen MR) is 57.0 cm³/mol. The van der Waals surface area contributed by atoms with Gasteiger partial charge in [-0.05, 0) is 24.7 Å². The van der Waals surface area contributed by atoms with Crippen LogP contribution in [0.5, 0.6) is 5.75 Å². The molecule has 5 heteroatoms. The molecule has 0 bridgehead atoms. The molecule has 0 heterocycles. The molecule has 1 atom stereocenters. The van der Waals surface area contributed by atoms with Crippen LogP contribution in [0.4, 0.5) is 0 Å². The summed E-state index contributed by atoms with van der Waals surface area (Å²) < 4.78 is 0. The summed E-state index contributed by atoms with van der Waals surface area (Å²) in [4.78, 5) is 0. The Morgan fingerprint density at radius 3 is 2.21 bits per heavy atom. The van der Waals surface area contributed by atoms with Gasteiger partial charge in [-0.1, -0.05) is 23.2 Å². The number of hydrogen-bond acceptors (Lipinski definition) is 3. The van der Waals surface area contributed by atoms with E-state index in [9.17, 15) is 5.11 Å². The molecule has 0 spiro atoms. The Labute approximate surface area is 92.3 Å². The third-order valence-electron chi connectivity index (χ3n) is 1.97. The third kappa shape index (κ3) is 2.30. The maximum absolute atomic E-state index is 9.31. The smallest absolute Gasteiger partial charge is 0.152 e. The predicted octanol–water partition coefficient (Wildman–Crippen LogP) is 1.95. The molecule has 0 aliphatic heterocycles. The van der Waals surface area contributed by atoms with Gasteiger partial charge >= 0.3 is 0 Å². The van der Waals surface area contributed by atoms with Crippen molar-refractivity contribution in [3.8, 4) is 5.75 Å². The number of rotatable bonds is 3. The van der Waals surface area contributed by atoms with Gasteiger partial charge in [0.2, 0.25) is 0 Å². The van der Waals surface area contributed by atoms with E-state index in [-0.39, 0.29) is 28.4 Å². The minimum Gasteiger partial charge on any atom is -0.505 e. The molecule has 14 heavy (non-hydrogen) atoms. The topological polar surface area (TPSA) is 52.5 Å². The molecule has 0 saturated heterocycles. The maximum atomic E-state index is 9.31. The van der Waals surface area contributed by atoms with Crippen LogP contribution in [0.3, 0.4) is 0 Å². The fourth-order valence-electron chi connectivity index (χ4n) is 1.15. The lowest BCUT2D eigenvalue weighted by Gasteiger charge is -2.14. The molecule has 1 rings (SSSR count). The Morgan fingerprint density at radius 1 is 1.36 bits per heavy atom. The molecule has 0 radical (unpaired) electrons. The van der Waals surface area contributed by atoms with Gasteiger partial charge in [-0.2, -0.15) is 0 Å². The number of nitrogens with one attached hydrogen (secondary N) is 1. The number of phenolic OH excluding ortho intramolecular Hbond substituents is 1. The quantitative estimate of drug-likeness (QED) is 0.751. The summed E-state index contributed by atoms with van der Waals surface area (Å²) >= 11 is 11.5. The van der Waals surface area contributed by atoms with E-state index >= 15 is 0 Å². The van der Waals surface area contributed by atoms with Crippen molar-refractivity contribution in [1.29, 1.82) is 0 Å². The first kappa shape index (κ1) is 11.6. The summed E-state index contributed by atoms with van der Waals surface area (Å²) in [6, 6.07) is 2.91. The van der Waals surface area contributed by atoms with Crippen LogP contribution in [-0.2, 0) is 0 Å². The van der Waals surface area contributed by atoms with Gasteiger partial charge in [-0.25, -0.2) is 0 Å². The highest BCUT2D eigenvalue weighted by Gasteiger charge is 2.12. The van der Waals surface area contributed by atoms with Crippen molar-refractivity contribution >= 4 is 23.2 Å². The fraction of sp³-hybridized carbons (Fsp3) is 0.333. The SMILES string of the molecule is CN[C@H](CO)c1cc(Cl)c(O)c(Cl)c1. The van der Waals surface area contributed by atoms with E-state index < -0.39 is 0 Å². The van der Waals surface area contributed by atoms with Gasteiger partial charge < -0.3 is 15.5 Å². The van der Waals surface area contributed by atoms with Crippen molar-refractivity contribution in [2.75, 3.05) is 13.7 Å². The molecule has 3 N–H and O–H groups in total. The second kappa shape index (κ2) is 4.84. The summed E-state index contributed by atoms with van der Waals surface area (Å²) in [7, 11) is 1.72. The molecule has 1 aromatic carbocycles. The lowest BCUT2D eigenvalue weighted by Crippen LogP contribution is -2.19. The number of aromatic hydroxyl groups is 1. The average Bonchev–Trinajstić information content (AvgIpc) is 2.16. The number of likely N-dealkylation sites (N-methyl/N-ethyl adjacent to an activating group) is 1. The molecule has 0 aliphatic rings. The van der Waals surface area contributed by atoms with Gasteiger partial charge in [0.25, 0.3) is 0 Å². The van der Waals surface area contributed by atoms with Crippen LogP contribution in [0.25, 0.3) is 0 Å². The van der Waals surface area contributed by atoms with Gasteiger partial charge in [0.1, 0.15) is 0 Å². The number of benzene rings is 1. The Kier molecular flexibility index (Phi) is 4.01. The lowest BCUT2D eigenvalue weighted by atomic mass is 10.1. The van der Waals surface area contributed by atoms with Crippen molar-refractivity contribution in [2.24, 2.45) is 0 Å². The molecule has 0 fully saturated rings. The van der Waals surface area contributed by atoms with E-state index in [1.807, 2.05) is 0 Å². The molecule has 0 unspecified atom stereocenters. The van der Waals surface area contributed by atoms with Crippen molar-refractivity contribution in [2.45, 2.75) is 6.04 Å². The van der Waals surface area contributed by atoms with E-state index in [0.29, 0.717) is 0 Å². The van der Waals surface area contributed by atoms with E-state index in [4.69, 9.17) is 28.3 Å². The van der Waals surface area contributed by atoms with Crippen LogP contribution in [0.15, 0.2) is 12.1 Å². The largest absolute Gasteiger partial charge is 0.505 e. The second-order valence-corrected chi connectivity index (χ2v) is 3.67. The van der Waals surface area contributed by atoms with Gasteiger partial charge in [-0.3, -0.25) is 0 Å². The Hall–Kier alpha value is -0.480. The highest BCUT2D eigenvalue weighted by Crippen LogP contribution is 2.34. The van der Waals surface area contributed by atoms with Gasteiger partial charge in [0.15, 0.2) is 5.75 Å². The van der Waals surface area contributed by atoms with Crippen molar-refractivity contribution in [1.82, 2.24) is 5.32 Å². The van der Waals surface area contributed by atoms with Crippen molar-refractivity contribution < 1.29 is 10.2 Å². The first-order chi connectivity index (χ1) is 6.60. The Morgan fingerprint density at radius 2 is 1.86 bits per heavy atom. The molecule has 0 aromatic heterocycles. The number of halogens is 2. The van der Waals surface area contributed by atoms with E-state index in [0.717, 1.165) is 5.56 Å². The standard InChI is InChI=1S/C9H11Cl2NO2/c1-12-8(4-13)5-2-6(10)9(14)7(11)3-5/h2-3,8,12-14H,4H2,1H3/t8-/m1/s1. The average molecular weight is 236 g/mol. The van der Waals surface area contributed by atoms with E-state index in [1.165, 1.54) is 0 Å². The summed E-state index contributed by atoms with van der Waals surface area (Å²) in [6.45, 7) is -0.0616. The molecule has 78 valence electrons. The first-order valence-corrected chi connectivity index (χ1v) is 4.81. The van der Waals surface area contributed by atoms with Crippen LogP contribution in [0, 0.1) is 0 Å². The molecule has 0 saturated carbocycles. The number of aliphatic hydroxyl groups is 1. The molecular weight excluding hydrogens is 225 g/mol. The maximum Gasteiger partial charge on any atom is 0.152 e. The van der Waals surface area contributed by atoms with Gasteiger partial charge in [-0.15, -0.1) is 0 Å². The molecule has 0 aliphatic carbocycles. The Bertz CT molecular complexity index is 304. The lowest BCUT2D eigenvalue weighted by molar-refractivity contribution is 0.251. The van der Waals surface area contributed by atoms with Crippen molar-refractivity contribution in [3.63, 3.8) is 0 Å². The zero-order valence-corrected chi connectivity index (χ0v) is 9.10. The summed E-state index contributed by atoms with van der Waals surface area (Å²) in [5, 5.41) is 21.6. The molecule has 3 nitrogen and oxygen atoms in total. The molecule has 0 amide bonds. The molecule has 1 aromatic rings. The number of hydrogen-bond donors (Lipinski definition) is 3. The number of aliphatic hydroxyl groups excluding tert-OH is 1. The van der Waals surface area contributed by atoms with Crippen LogP contribution in [0.2, 0.25) is 10.0 Å². The normalized spacial score (nSPS) is 12.9. The van der Waals surface area contributed by atoms with Gasteiger partial charge in [0, 0.05) is 0 Å². The van der Waals surface area contributed by atoms with Crippen molar-refractivity contribution in [3.05, 3.63) is 27.7 Å². The van der Waals surface area contributed by atoms with Crippen LogP contribution in [0.1, 0.15) is 11.6 Å². The fourth-order valence-corrected chi connectivity index (χ4v) is 1.65. The van der Waals surface area contributed by atoms with Crippen LogP contribution in [-0.4, -0.2) is 23.9 Å². The third-order valence-corrected chi connectivity index (χ3v) is 2.55. The van der Waals surface area contributed by atoms with Gasteiger partial charge in [0.05, 0.1) is 22.7 Å². The minimum absolute atomic E-state index is 0.0616. The zero-order chi connectivity index (χ0) is 10.7. The zero-order valence-electron chi connectivity index (χ0n) is 7.59. The molecular formula is C9H11Cl2NO2. The minimum atomic E-state index is -0.231. The first-order valence-electron chi connectivity index (χ1n) is 4.06. The second-order valence-electron chi connectivity index (χ2n) is 2.86. The Balaban J connectivity index is 3.11. The highest BCUT2D eigenvalue weighted by molar-refractivity contribution is 6.37. The van der Waals surface area contributed by atoms with E-state index in [2.05, 4.69) is 5.32 Å². The van der Waals surface area contributed by atoms with E-state index in [1.54, 1.807) is 19.2 Å². The van der Waals surface area contributed by atoms with Crippen LogP contribution < -0.4 is 5.32 Å². The summed E-state index contributed by atoms with van der Waals surface area (Å²) in [5.41, 5.74) is 0.739. The highest BCUT2D eigenvalue weighted by atomic mass is 35.5.